The lowest BCUT2D eigenvalue weighted by Gasteiger charge is -2.28. The first kappa shape index (κ1) is 19.1. The van der Waals surface area contributed by atoms with Gasteiger partial charge in [0.25, 0.3) is 5.91 Å². The molecule has 2 aliphatic heterocycles. The summed E-state index contributed by atoms with van der Waals surface area (Å²) < 4.78 is 15.2. The predicted octanol–water partition coefficient (Wildman–Crippen LogP) is 2.05. The Morgan fingerprint density at radius 1 is 1.35 bits per heavy atom. The molecule has 0 bridgehead atoms. The van der Waals surface area contributed by atoms with Gasteiger partial charge in [-0.1, -0.05) is 5.21 Å². The highest BCUT2D eigenvalue weighted by Gasteiger charge is 2.47. The first-order valence-corrected chi connectivity index (χ1v) is 9.52. The number of hydrogen-bond acceptors (Lipinski definition) is 6. The Hall–Kier alpha value is -3.92. The molecule has 2 aromatic heterocycles. The number of carbonyl (C=O) groups is 2. The molecule has 1 amide bonds. The molecule has 156 valence electrons. The van der Waals surface area contributed by atoms with Crippen LogP contribution < -0.4 is 10.6 Å². The molecule has 2 atom stereocenters. The van der Waals surface area contributed by atoms with Crippen LogP contribution in [0.5, 0.6) is 0 Å². The second-order valence-electron chi connectivity index (χ2n) is 7.63. The van der Waals surface area contributed by atoms with Crippen LogP contribution in [0.1, 0.15) is 19.4 Å². The van der Waals surface area contributed by atoms with Gasteiger partial charge in [-0.15, -0.1) is 5.10 Å². The van der Waals surface area contributed by atoms with E-state index in [1.54, 1.807) is 38.3 Å². The fraction of sp³-hybridized carbons (Fsp3) is 0.190. The summed E-state index contributed by atoms with van der Waals surface area (Å²) in [5.41, 5.74) is 1.44. The average molecular weight is 420 g/mol. The summed E-state index contributed by atoms with van der Waals surface area (Å²) in [7, 11) is 0. The molecule has 5 rings (SSSR count). The molecule has 1 aromatic carbocycles. The Balaban J connectivity index is 1.64. The first-order chi connectivity index (χ1) is 14.8. The fourth-order valence-electron chi connectivity index (χ4n) is 4.29. The van der Waals surface area contributed by atoms with Gasteiger partial charge < -0.3 is 10.4 Å². The molecule has 9 nitrogen and oxygen atoms in total. The molecule has 31 heavy (non-hydrogen) atoms. The van der Waals surface area contributed by atoms with Gasteiger partial charge in [-0.2, -0.15) is 0 Å². The molecule has 4 heterocycles. The number of carbonyl (C=O) groups excluding carboxylic acids is 1. The van der Waals surface area contributed by atoms with Gasteiger partial charge in [0.2, 0.25) is 0 Å². The number of aliphatic carboxylic acids is 1. The third kappa shape index (κ3) is 2.76. The monoisotopic (exact) mass is 420 g/mol. The second-order valence-corrected chi connectivity index (χ2v) is 7.63. The number of rotatable bonds is 3. The van der Waals surface area contributed by atoms with Crippen molar-refractivity contribution in [3.63, 3.8) is 0 Å². The van der Waals surface area contributed by atoms with Crippen LogP contribution in [-0.4, -0.2) is 43.0 Å². The second kappa shape index (κ2) is 6.54. The summed E-state index contributed by atoms with van der Waals surface area (Å²) in [6, 6.07) is 6.87. The number of carboxylic acid groups (broad SMARTS) is 1. The van der Waals surface area contributed by atoms with Gasteiger partial charge >= 0.3 is 5.97 Å². The van der Waals surface area contributed by atoms with Gasteiger partial charge in [0.05, 0.1) is 11.6 Å². The van der Waals surface area contributed by atoms with E-state index in [9.17, 15) is 19.1 Å². The van der Waals surface area contributed by atoms with Crippen molar-refractivity contribution in [2.45, 2.75) is 25.6 Å². The van der Waals surface area contributed by atoms with Crippen LogP contribution in [0, 0.1) is 5.82 Å². The van der Waals surface area contributed by atoms with E-state index < -0.39 is 23.5 Å². The summed E-state index contributed by atoms with van der Waals surface area (Å²) in [4.78, 5) is 29.0. The van der Waals surface area contributed by atoms with Crippen molar-refractivity contribution < 1.29 is 19.1 Å². The molecule has 0 spiro atoms. The Morgan fingerprint density at radius 2 is 2.16 bits per heavy atom. The minimum atomic E-state index is -1.28. The normalized spacial score (nSPS) is 24.2. The van der Waals surface area contributed by atoms with Gasteiger partial charge in [-0.05, 0) is 55.8 Å². The van der Waals surface area contributed by atoms with Crippen LogP contribution in [0.3, 0.4) is 0 Å². The topological polar surface area (TPSA) is 122 Å². The van der Waals surface area contributed by atoms with E-state index in [-0.39, 0.29) is 17.1 Å². The maximum absolute atomic E-state index is 13.8. The molecule has 3 aromatic rings. The standard InChI is InChI=1S/C21H17FN6O3/c1-10-16(9-13-12-8-11(22)5-6-14(12)24-19(13)29)25-21(2,17(10)20(30)31)28-18-15(26-27-28)4-3-7-23-18/h3-9,16,25H,1-2H3,(H,24,29)(H,30,31). The molecule has 0 saturated heterocycles. The Labute approximate surface area is 175 Å². The van der Waals surface area contributed by atoms with Crippen LogP contribution in [0.2, 0.25) is 0 Å². The minimum Gasteiger partial charge on any atom is -0.478 e. The van der Waals surface area contributed by atoms with Crippen molar-refractivity contribution >= 4 is 34.3 Å². The van der Waals surface area contributed by atoms with E-state index in [2.05, 4.69) is 25.9 Å². The number of nitrogens with one attached hydrogen (secondary N) is 2. The number of nitrogens with zero attached hydrogens (tertiary/aromatic N) is 4. The number of halogens is 1. The molecule has 2 unspecified atom stereocenters. The molecule has 3 N–H and O–H groups in total. The van der Waals surface area contributed by atoms with Crippen molar-refractivity contribution in [1.82, 2.24) is 25.3 Å². The zero-order valence-corrected chi connectivity index (χ0v) is 16.5. The summed E-state index contributed by atoms with van der Waals surface area (Å²) >= 11 is 0. The summed E-state index contributed by atoms with van der Waals surface area (Å²) in [6.45, 7) is 3.35. The minimum absolute atomic E-state index is 0.0738. The SMILES string of the molecule is CC1=C(C(=O)O)C(C)(n2nnc3cccnc32)NC1C=C1C(=O)Nc2ccc(F)cc21. The Morgan fingerprint density at radius 3 is 2.94 bits per heavy atom. The molecular formula is C21H17FN6O3. The third-order valence-corrected chi connectivity index (χ3v) is 5.73. The van der Waals surface area contributed by atoms with Gasteiger partial charge in [0.15, 0.2) is 5.65 Å². The summed E-state index contributed by atoms with van der Waals surface area (Å²) in [6.07, 6.45) is 3.18. The van der Waals surface area contributed by atoms with E-state index >= 15 is 0 Å². The van der Waals surface area contributed by atoms with E-state index in [0.29, 0.717) is 28.0 Å². The summed E-state index contributed by atoms with van der Waals surface area (Å²) in [5.74, 6) is -1.98. The highest BCUT2D eigenvalue weighted by molar-refractivity contribution is 6.31. The van der Waals surface area contributed by atoms with E-state index in [4.69, 9.17) is 0 Å². The van der Waals surface area contributed by atoms with E-state index in [1.165, 1.54) is 22.9 Å². The summed E-state index contributed by atoms with van der Waals surface area (Å²) in [5, 5.41) is 24.2. The van der Waals surface area contributed by atoms with Crippen molar-refractivity contribution in [3.05, 3.63) is 65.1 Å². The molecule has 0 aliphatic carbocycles. The van der Waals surface area contributed by atoms with E-state index in [1.807, 2.05) is 0 Å². The number of anilines is 1. The Bertz CT molecular complexity index is 1340. The highest BCUT2D eigenvalue weighted by atomic mass is 19.1. The van der Waals surface area contributed by atoms with Crippen LogP contribution >= 0.6 is 0 Å². The molecule has 0 saturated carbocycles. The first-order valence-electron chi connectivity index (χ1n) is 9.52. The fourth-order valence-corrected chi connectivity index (χ4v) is 4.29. The lowest BCUT2D eigenvalue weighted by atomic mass is 9.98. The number of aromatic nitrogens is 4. The predicted molar refractivity (Wildman–Crippen MR) is 109 cm³/mol. The van der Waals surface area contributed by atoms with Crippen molar-refractivity contribution in [2.24, 2.45) is 0 Å². The molecule has 2 aliphatic rings. The number of hydrogen-bond donors (Lipinski definition) is 3. The smallest absolute Gasteiger partial charge is 0.335 e. The maximum atomic E-state index is 13.8. The van der Waals surface area contributed by atoms with Crippen molar-refractivity contribution in [2.75, 3.05) is 5.32 Å². The van der Waals surface area contributed by atoms with Crippen LogP contribution in [-0.2, 0) is 15.3 Å². The molecule has 0 fully saturated rings. The van der Waals surface area contributed by atoms with Crippen molar-refractivity contribution in [1.29, 1.82) is 0 Å². The van der Waals surface area contributed by atoms with Gasteiger partial charge in [0, 0.05) is 23.0 Å². The van der Waals surface area contributed by atoms with Crippen LogP contribution in [0.4, 0.5) is 10.1 Å². The lowest BCUT2D eigenvalue weighted by Crippen LogP contribution is -2.47. The molecular weight excluding hydrogens is 403 g/mol. The quantitative estimate of drug-likeness (QED) is 0.554. The average Bonchev–Trinajstić information content (AvgIpc) is 3.36. The maximum Gasteiger partial charge on any atom is 0.335 e. The molecule has 10 heteroatoms. The molecule has 0 radical (unpaired) electrons. The van der Waals surface area contributed by atoms with E-state index in [0.717, 1.165) is 0 Å². The number of fused-ring (bicyclic) bond motifs is 2. The number of carboxylic acids is 1. The van der Waals surface area contributed by atoms with Crippen LogP contribution in [0.15, 0.2) is 53.8 Å². The highest BCUT2D eigenvalue weighted by Crippen LogP contribution is 2.38. The number of pyridine rings is 1. The van der Waals surface area contributed by atoms with Crippen molar-refractivity contribution in [3.8, 4) is 0 Å². The number of amides is 1. The van der Waals surface area contributed by atoms with Gasteiger partial charge in [-0.25, -0.2) is 18.9 Å². The Kier molecular flexibility index (Phi) is 4.02. The third-order valence-electron chi connectivity index (χ3n) is 5.73. The zero-order chi connectivity index (χ0) is 21.9. The lowest BCUT2D eigenvalue weighted by molar-refractivity contribution is -0.133. The van der Waals surface area contributed by atoms with Gasteiger partial charge in [0.1, 0.15) is 17.0 Å². The van der Waals surface area contributed by atoms with Crippen LogP contribution in [0.25, 0.3) is 16.7 Å². The zero-order valence-electron chi connectivity index (χ0n) is 16.5. The largest absolute Gasteiger partial charge is 0.478 e. The number of benzene rings is 1. The van der Waals surface area contributed by atoms with Gasteiger partial charge in [-0.3, -0.25) is 10.1 Å².